The van der Waals surface area contributed by atoms with Gasteiger partial charge >= 0.3 is 5.97 Å². The predicted molar refractivity (Wildman–Crippen MR) is 98.9 cm³/mol. The third-order valence-corrected chi connectivity index (χ3v) is 3.84. The van der Waals surface area contributed by atoms with Gasteiger partial charge in [-0.3, -0.25) is 9.48 Å². The molecule has 26 heavy (non-hydrogen) atoms. The van der Waals surface area contributed by atoms with Crippen molar-refractivity contribution in [3.8, 4) is 5.88 Å². The van der Waals surface area contributed by atoms with Gasteiger partial charge in [-0.1, -0.05) is 60.7 Å². The minimum atomic E-state index is -0.281. The number of aromatic nitrogens is 2. The van der Waals surface area contributed by atoms with Crippen LogP contribution in [-0.2, 0) is 29.1 Å². The first kappa shape index (κ1) is 17.7. The Morgan fingerprint density at radius 2 is 1.65 bits per heavy atom. The second kappa shape index (κ2) is 8.85. The maximum Gasteiger partial charge on any atom is 0.310 e. The van der Waals surface area contributed by atoms with E-state index in [-0.39, 0.29) is 12.4 Å². The number of ether oxygens (including phenoxy) is 2. The summed E-state index contributed by atoms with van der Waals surface area (Å²) in [7, 11) is 0. The molecular weight excluding hydrogens is 328 g/mol. The molecule has 0 spiro atoms. The molecule has 1 heterocycles. The Kier molecular flexibility index (Phi) is 6.04. The van der Waals surface area contributed by atoms with Crippen LogP contribution in [0.4, 0.5) is 0 Å². The van der Waals surface area contributed by atoms with Gasteiger partial charge in [-0.05, 0) is 18.1 Å². The molecule has 0 aliphatic rings. The molecule has 0 saturated carbocycles. The number of hydrogen-bond donors (Lipinski definition) is 0. The normalized spacial score (nSPS) is 10.5. The molecule has 0 fully saturated rings. The maximum atomic E-state index is 11.9. The van der Waals surface area contributed by atoms with Gasteiger partial charge in [0.2, 0.25) is 5.88 Å². The highest BCUT2D eigenvalue weighted by molar-refractivity contribution is 5.73. The predicted octanol–water partition coefficient (Wildman–Crippen LogP) is 3.62. The number of carbonyl (C=O) groups excluding carboxylic acids is 1. The largest absolute Gasteiger partial charge is 0.472 e. The van der Waals surface area contributed by atoms with Gasteiger partial charge in [0.1, 0.15) is 6.61 Å². The summed E-state index contributed by atoms with van der Waals surface area (Å²) in [6.07, 6.45) is 2.00. The van der Waals surface area contributed by atoms with Crippen LogP contribution in [0.2, 0.25) is 0 Å². The van der Waals surface area contributed by atoms with Gasteiger partial charge in [0.15, 0.2) is 0 Å². The summed E-state index contributed by atoms with van der Waals surface area (Å²) in [5, 5.41) is 4.52. The number of hydrogen-bond acceptors (Lipinski definition) is 4. The summed E-state index contributed by atoms with van der Waals surface area (Å²) in [5.74, 6) is 0.189. The average molecular weight is 350 g/mol. The van der Waals surface area contributed by atoms with E-state index < -0.39 is 0 Å². The molecule has 2 aromatic carbocycles. The van der Waals surface area contributed by atoms with Gasteiger partial charge in [0, 0.05) is 11.8 Å². The van der Waals surface area contributed by atoms with Crippen molar-refractivity contribution in [2.24, 2.45) is 0 Å². The van der Waals surface area contributed by atoms with Crippen molar-refractivity contribution in [2.75, 3.05) is 6.61 Å². The molecule has 0 aliphatic heterocycles. The van der Waals surface area contributed by atoms with E-state index in [0.717, 1.165) is 16.7 Å². The molecule has 3 rings (SSSR count). The minimum absolute atomic E-state index is 0.146. The number of benzene rings is 2. The van der Waals surface area contributed by atoms with E-state index in [4.69, 9.17) is 9.47 Å². The second-order valence-electron chi connectivity index (χ2n) is 5.90. The van der Waals surface area contributed by atoms with E-state index in [1.54, 1.807) is 11.6 Å². The molecule has 134 valence electrons. The zero-order chi connectivity index (χ0) is 18.2. The van der Waals surface area contributed by atoms with Gasteiger partial charge < -0.3 is 9.47 Å². The number of nitrogens with zero attached hydrogens (tertiary/aromatic N) is 2. The standard InChI is InChI=1S/C21H22N2O3/c1-2-25-20(24)13-19-15-23(14-17-9-5-3-6-10-17)22-21(19)26-16-18-11-7-4-8-12-18/h3-12,15H,2,13-14,16H2,1H3. The zero-order valence-corrected chi connectivity index (χ0v) is 14.8. The van der Waals surface area contributed by atoms with Gasteiger partial charge in [0.25, 0.3) is 0 Å². The fraction of sp³-hybridized carbons (Fsp3) is 0.238. The summed E-state index contributed by atoms with van der Waals surface area (Å²) >= 11 is 0. The monoisotopic (exact) mass is 350 g/mol. The van der Waals surface area contributed by atoms with Crippen molar-refractivity contribution in [3.63, 3.8) is 0 Å². The fourth-order valence-corrected chi connectivity index (χ4v) is 2.63. The summed E-state index contributed by atoms with van der Waals surface area (Å²) < 4.78 is 12.7. The summed E-state index contributed by atoms with van der Waals surface area (Å²) in [6.45, 7) is 3.17. The third kappa shape index (κ3) is 4.96. The lowest BCUT2D eigenvalue weighted by Gasteiger charge is -2.06. The van der Waals surface area contributed by atoms with Crippen LogP contribution in [0.5, 0.6) is 5.88 Å². The smallest absolute Gasteiger partial charge is 0.310 e. The Morgan fingerprint density at radius 1 is 1.00 bits per heavy atom. The topological polar surface area (TPSA) is 53.4 Å². The molecule has 5 heteroatoms. The highest BCUT2D eigenvalue weighted by Gasteiger charge is 2.15. The summed E-state index contributed by atoms with van der Waals surface area (Å²) in [5.41, 5.74) is 2.91. The Labute approximate surface area is 153 Å². The van der Waals surface area contributed by atoms with Crippen LogP contribution >= 0.6 is 0 Å². The molecule has 5 nitrogen and oxygen atoms in total. The highest BCUT2D eigenvalue weighted by Crippen LogP contribution is 2.20. The van der Waals surface area contributed by atoms with Crippen LogP contribution in [0.3, 0.4) is 0 Å². The Morgan fingerprint density at radius 3 is 2.31 bits per heavy atom. The van der Waals surface area contributed by atoms with Gasteiger partial charge in [-0.15, -0.1) is 5.10 Å². The van der Waals surface area contributed by atoms with Gasteiger partial charge in [-0.25, -0.2) is 0 Å². The third-order valence-electron chi connectivity index (χ3n) is 3.84. The average Bonchev–Trinajstić information content (AvgIpc) is 3.03. The molecule has 3 aromatic rings. The molecule has 1 aromatic heterocycles. The first-order chi connectivity index (χ1) is 12.7. The van der Waals surface area contributed by atoms with Crippen LogP contribution in [0.1, 0.15) is 23.6 Å². The number of rotatable bonds is 8. The lowest BCUT2D eigenvalue weighted by molar-refractivity contribution is -0.142. The van der Waals surface area contributed by atoms with Crippen molar-refractivity contribution in [2.45, 2.75) is 26.5 Å². The quantitative estimate of drug-likeness (QED) is 0.582. The van der Waals surface area contributed by atoms with Gasteiger partial charge in [-0.2, -0.15) is 0 Å². The van der Waals surface area contributed by atoms with E-state index in [1.807, 2.05) is 66.9 Å². The number of esters is 1. The van der Waals surface area contributed by atoms with Crippen molar-refractivity contribution in [1.82, 2.24) is 9.78 Å². The Hall–Kier alpha value is -3.08. The van der Waals surface area contributed by atoms with Crippen molar-refractivity contribution in [1.29, 1.82) is 0 Å². The summed E-state index contributed by atoms with van der Waals surface area (Å²) in [6, 6.07) is 19.9. The molecule has 0 aliphatic carbocycles. The van der Waals surface area contributed by atoms with Crippen molar-refractivity contribution < 1.29 is 14.3 Å². The molecule has 0 amide bonds. The molecule has 0 atom stereocenters. The molecule has 0 N–H and O–H groups in total. The first-order valence-corrected chi connectivity index (χ1v) is 8.67. The lowest BCUT2D eigenvalue weighted by atomic mass is 10.2. The van der Waals surface area contributed by atoms with E-state index >= 15 is 0 Å². The van der Waals surface area contributed by atoms with Crippen LogP contribution in [0.25, 0.3) is 0 Å². The van der Waals surface area contributed by atoms with Crippen molar-refractivity contribution in [3.05, 3.63) is 83.6 Å². The maximum absolute atomic E-state index is 11.9. The second-order valence-corrected chi connectivity index (χ2v) is 5.90. The molecule has 0 unspecified atom stereocenters. The Bertz CT molecular complexity index is 829. The van der Waals surface area contributed by atoms with Crippen LogP contribution in [0, 0.1) is 0 Å². The van der Waals surface area contributed by atoms with Gasteiger partial charge in [0.05, 0.1) is 19.6 Å². The first-order valence-electron chi connectivity index (χ1n) is 8.67. The van der Waals surface area contributed by atoms with E-state index in [1.165, 1.54) is 0 Å². The Balaban J connectivity index is 1.76. The SMILES string of the molecule is CCOC(=O)Cc1cn(Cc2ccccc2)nc1OCc1ccccc1. The zero-order valence-electron chi connectivity index (χ0n) is 14.8. The van der Waals surface area contributed by atoms with E-state index in [9.17, 15) is 4.79 Å². The van der Waals surface area contributed by atoms with Crippen LogP contribution < -0.4 is 4.74 Å². The van der Waals surface area contributed by atoms with Crippen LogP contribution in [-0.4, -0.2) is 22.4 Å². The van der Waals surface area contributed by atoms with E-state index in [2.05, 4.69) is 5.10 Å². The van der Waals surface area contributed by atoms with Crippen molar-refractivity contribution >= 4 is 5.97 Å². The minimum Gasteiger partial charge on any atom is -0.472 e. The lowest BCUT2D eigenvalue weighted by Crippen LogP contribution is -2.08. The molecule has 0 bridgehead atoms. The molecule has 0 saturated heterocycles. The highest BCUT2D eigenvalue weighted by atomic mass is 16.5. The molecule has 0 radical (unpaired) electrons. The molecular formula is C21H22N2O3. The fourth-order valence-electron chi connectivity index (χ4n) is 2.63. The number of carbonyl (C=O) groups is 1. The van der Waals surface area contributed by atoms with Crippen LogP contribution in [0.15, 0.2) is 66.9 Å². The summed E-state index contributed by atoms with van der Waals surface area (Å²) in [4.78, 5) is 11.9. The van der Waals surface area contributed by atoms with E-state index in [0.29, 0.717) is 25.6 Å².